The zero-order chi connectivity index (χ0) is 10.9. The third-order valence-corrected chi connectivity index (χ3v) is 5.64. The van der Waals surface area contributed by atoms with Crippen LogP contribution in [0, 0.1) is 35.5 Å². The van der Waals surface area contributed by atoms with E-state index in [2.05, 4.69) is 10.5 Å². The number of rotatable bonds is 1. The Bertz CT molecular complexity index is 388. The zero-order valence-corrected chi connectivity index (χ0v) is 9.23. The van der Waals surface area contributed by atoms with E-state index in [1.165, 1.54) is 25.0 Å². The number of hydrogen-bond donors (Lipinski definition) is 2. The largest absolute Gasteiger partial charge is 0.350 e. The van der Waals surface area contributed by atoms with Gasteiger partial charge in [0.05, 0.1) is 0 Å². The van der Waals surface area contributed by atoms with E-state index in [4.69, 9.17) is 5.73 Å². The first-order valence-electron chi connectivity index (χ1n) is 6.37. The minimum absolute atomic E-state index is 0.536. The van der Waals surface area contributed by atoms with Crippen LogP contribution in [-0.4, -0.2) is 11.7 Å². The lowest BCUT2D eigenvalue weighted by Crippen LogP contribution is -2.28. The average molecular weight is 219 g/mol. The topological polar surface area (TPSA) is 67.5 Å². The predicted octanol–water partition coefficient (Wildman–Crippen LogP) is 1.32. The fourth-order valence-electron chi connectivity index (χ4n) is 5.42. The first-order chi connectivity index (χ1) is 7.75. The molecule has 0 heterocycles. The molecule has 6 unspecified atom stereocenters. The first-order valence-corrected chi connectivity index (χ1v) is 6.37. The third kappa shape index (κ3) is 0.913. The highest BCUT2D eigenvalue weighted by molar-refractivity contribution is 5.91. The predicted molar refractivity (Wildman–Crippen MR) is 59.6 cm³/mol. The van der Waals surface area contributed by atoms with E-state index < -0.39 is 6.03 Å². The molecule has 16 heavy (non-hydrogen) atoms. The molecule has 4 rings (SSSR count). The van der Waals surface area contributed by atoms with E-state index in [0.717, 1.165) is 36.0 Å². The Kier molecular flexibility index (Phi) is 1.57. The van der Waals surface area contributed by atoms with Crippen molar-refractivity contribution in [3.05, 3.63) is 0 Å². The van der Waals surface area contributed by atoms with Crippen molar-refractivity contribution in [3.8, 4) is 0 Å². The van der Waals surface area contributed by atoms with Gasteiger partial charge in [0.2, 0.25) is 0 Å². The maximum absolute atomic E-state index is 10.7. The molecule has 4 heteroatoms. The zero-order valence-electron chi connectivity index (χ0n) is 9.23. The van der Waals surface area contributed by atoms with Gasteiger partial charge >= 0.3 is 6.03 Å². The highest BCUT2D eigenvalue weighted by Crippen LogP contribution is 2.69. The molecule has 4 aliphatic carbocycles. The minimum atomic E-state index is -0.536. The van der Waals surface area contributed by atoms with Crippen LogP contribution >= 0.6 is 0 Å². The SMILES string of the molecule is NC(=O)N/N=C1\CC2C3CCC4C3CC2C14. The first kappa shape index (κ1) is 9.02. The van der Waals surface area contributed by atoms with Crippen LogP contribution in [0.3, 0.4) is 0 Å². The van der Waals surface area contributed by atoms with Gasteiger partial charge in [-0.25, -0.2) is 10.2 Å². The van der Waals surface area contributed by atoms with Gasteiger partial charge in [0.1, 0.15) is 0 Å². The van der Waals surface area contributed by atoms with Gasteiger partial charge in [-0.2, -0.15) is 5.10 Å². The lowest BCUT2D eigenvalue weighted by molar-refractivity contribution is 0.235. The number of nitrogens with one attached hydrogen (secondary N) is 1. The summed E-state index contributed by atoms with van der Waals surface area (Å²) < 4.78 is 0. The summed E-state index contributed by atoms with van der Waals surface area (Å²) in [5, 5.41) is 4.25. The van der Waals surface area contributed by atoms with E-state index in [0.29, 0.717) is 5.92 Å². The maximum atomic E-state index is 10.7. The number of nitrogens with two attached hydrogens (primary N) is 1. The Morgan fingerprint density at radius 3 is 2.81 bits per heavy atom. The number of hydrazone groups is 1. The van der Waals surface area contributed by atoms with Gasteiger partial charge in [0.15, 0.2) is 0 Å². The molecule has 0 aromatic rings. The smallest absolute Gasteiger partial charge is 0.332 e. The molecule has 86 valence electrons. The Labute approximate surface area is 94.6 Å². The summed E-state index contributed by atoms with van der Waals surface area (Å²) in [5.41, 5.74) is 8.74. The molecule has 4 aliphatic rings. The van der Waals surface area contributed by atoms with Gasteiger partial charge < -0.3 is 5.73 Å². The van der Waals surface area contributed by atoms with Crippen molar-refractivity contribution >= 4 is 11.7 Å². The minimum Gasteiger partial charge on any atom is -0.350 e. The Hall–Kier alpha value is -1.06. The molecule has 6 atom stereocenters. The maximum Gasteiger partial charge on any atom is 0.332 e. The Morgan fingerprint density at radius 2 is 2.00 bits per heavy atom. The number of hydrogen-bond acceptors (Lipinski definition) is 2. The molecular formula is C12H17N3O. The normalized spacial score (nSPS) is 53.9. The summed E-state index contributed by atoms with van der Waals surface area (Å²) in [7, 11) is 0. The van der Waals surface area contributed by atoms with Crippen LogP contribution in [0.25, 0.3) is 0 Å². The van der Waals surface area contributed by atoms with Crippen molar-refractivity contribution in [2.75, 3.05) is 0 Å². The van der Waals surface area contributed by atoms with E-state index >= 15 is 0 Å². The van der Waals surface area contributed by atoms with Crippen molar-refractivity contribution in [2.45, 2.75) is 25.7 Å². The number of carbonyl (C=O) groups is 1. The molecule has 4 fully saturated rings. The van der Waals surface area contributed by atoms with Gasteiger partial charge in [0.25, 0.3) is 0 Å². The number of nitrogens with zero attached hydrogens (tertiary/aromatic N) is 1. The van der Waals surface area contributed by atoms with Crippen molar-refractivity contribution < 1.29 is 4.79 Å². The second kappa shape index (κ2) is 2.79. The van der Waals surface area contributed by atoms with Crippen LogP contribution in [0.2, 0.25) is 0 Å². The summed E-state index contributed by atoms with van der Waals surface area (Å²) in [6.07, 6.45) is 5.39. The summed E-state index contributed by atoms with van der Waals surface area (Å²) in [4.78, 5) is 10.7. The number of fused-ring (bicyclic) bond motifs is 2. The van der Waals surface area contributed by atoms with E-state index in [-0.39, 0.29) is 0 Å². The summed E-state index contributed by atoms with van der Waals surface area (Å²) in [6, 6.07) is -0.536. The molecule has 0 radical (unpaired) electrons. The van der Waals surface area contributed by atoms with Gasteiger partial charge in [-0.3, -0.25) is 0 Å². The van der Waals surface area contributed by atoms with Crippen LogP contribution < -0.4 is 11.2 Å². The number of amides is 2. The molecule has 0 aromatic heterocycles. The number of primary amides is 1. The second-order valence-corrected chi connectivity index (χ2v) is 5.94. The molecule has 0 spiro atoms. The summed E-state index contributed by atoms with van der Waals surface area (Å²) in [6.45, 7) is 0. The number of carbonyl (C=O) groups excluding carboxylic acids is 1. The monoisotopic (exact) mass is 219 g/mol. The van der Waals surface area contributed by atoms with Gasteiger partial charge in [-0.1, -0.05) is 0 Å². The van der Waals surface area contributed by atoms with Gasteiger partial charge in [-0.05, 0) is 55.3 Å². The molecule has 0 aliphatic heterocycles. The average Bonchev–Trinajstić information content (AvgIpc) is 2.80. The third-order valence-electron chi connectivity index (χ3n) is 5.64. The fraction of sp³-hybridized carbons (Fsp3) is 0.833. The van der Waals surface area contributed by atoms with Crippen molar-refractivity contribution in [1.82, 2.24) is 5.43 Å². The standard InChI is InChI=1S/C12H17N3O/c13-12(16)15-14-10-4-8-5-1-2-6-7(5)3-9(8)11(6)10/h5-9,11H,1-4H2,(H3,13,15,16)/b14-10+. The van der Waals surface area contributed by atoms with Crippen LogP contribution in [-0.2, 0) is 0 Å². The van der Waals surface area contributed by atoms with Crippen LogP contribution in [0.1, 0.15) is 25.7 Å². The van der Waals surface area contributed by atoms with Crippen molar-refractivity contribution in [1.29, 1.82) is 0 Å². The van der Waals surface area contributed by atoms with Crippen LogP contribution in [0.4, 0.5) is 4.79 Å². The van der Waals surface area contributed by atoms with Crippen molar-refractivity contribution in [3.63, 3.8) is 0 Å². The van der Waals surface area contributed by atoms with Gasteiger partial charge in [0, 0.05) is 11.6 Å². The molecule has 2 amide bonds. The Balaban J connectivity index is 1.66. The summed E-state index contributed by atoms with van der Waals surface area (Å²) >= 11 is 0. The lowest BCUT2D eigenvalue weighted by Gasteiger charge is -2.24. The Morgan fingerprint density at radius 1 is 1.19 bits per heavy atom. The quantitative estimate of drug-likeness (QED) is 0.642. The second-order valence-electron chi connectivity index (χ2n) is 5.94. The van der Waals surface area contributed by atoms with E-state index in [9.17, 15) is 4.79 Å². The lowest BCUT2D eigenvalue weighted by atomic mass is 9.80. The number of urea groups is 1. The molecule has 4 nitrogen and oxygen atoms in total. The molecule has 0 aromatic carbocycles. The molecule has 2 bridgehead atoms. The molecule has 0 saturated heterocycles. The molecular weight excluding hydrogens is 202 g/mol. The van der Waals surface area contributed by atoms with E-state index in [1.54, 1.807) is 0 Å². The molecule has 4 saturated carbocycles. The fourth-order valence-corrected chi connectivity index (χ4v) is 5.42. The van der Waals surface area contributed by atoms with Crippen LogP contribution in [0.15, 0.2) is 5.10 Å². The van der Waals surface area contributed by atoms with Crippen LogP contribution in [0.5, 0.6) is 0 Å². The highest BCUT2D eigenvalue weighted by Gasteiger charge is 2.65. The van der Waals surface area contributed by atoms with Crippen molar-refractivity contribution in [2.24, 2.45) is 46.3 Å². The van der Waals surface area contributed by atoms with E-state index in [1.807, 2.05) is 0 Å². The summed E-state index contributed by atoms with van der Waals surface area (Å²) in [5.74, 6) is 5.29. The highest BCUT2D eigenvalue weighted by atomic mass is 16.2. The van der Waals surface area contributed by atoms with Gasteiger partial charge in [-0.15, -0.1) is 0 Å². The molecule has 3 N–H and O–H groups in total.